The Morgan fingerprint density at radius 1 is 1.56 bits per heavy atom. The molecule has 0 saturated carbocycles. The van der Waals surface area contributed by atoms with E-state index in [4.69, 9.17) is 11.6 Å². The van der Waals surface area contributed by atoms with E-state index in [9.17, 15) is 4.79 Å². The van der Waals surface area contributed by atoms with E-state index in [2.05, 4.69) is 26.3 Å². The van der Waals surface area contributed by atoms with Crippen LogP contribution in [-0.4, -0.2) is 15.7 Å². The first-order valence-electron chi connectivity index (χ1n) is 5.27. The number of hydrogen-bond donors (Lipinski definition) is 1. The van der Waals surface area contributed by atoms with Crippen molar-refractivity contribution in [3.63, 3.8) is 0 Å². The fourth-order valence-electron chi connectivity index (χ4n) is 1.51. The van der Waals surface area contributed by atoms with Crippen LogP contribution in [0, 0.1) is 0 Å². The highest BCUT2D eigenvalue weighted by Gasteiger charge is 2.10. The number of carbonyl (C=O) groups excluding carboxylic acids is 1. The lowest BCUT2D eigenvalue weighted by atomic mass is 10.2. The zero-order valence-electron chi connectivity index (χ0n) is 9.65. The van der Waals surface area contributed by atoms with Crippen LogP contribution in [0.4, 0.5) is 0 Å². The van der Waals surface area contributed by atoms with Crippen LogP contribution in [-0.2, 0) is 13.6 Å². The van der Waals surface area contributed by atoms with Crippen LogP contribution in [0.5, 0.6) is 0 Å². The van der Waals surface area contributed by atoms with Gasteiger partial charge in [-0.15, -0.1) is 0 Å². The molecule has 2 aromatic rings. The third-order valence-corrected chi connectivity index (χ3v) is 3.28. The molecule has 2 rings (SSSR count). The van der Waals surface area contributed by atoms with Crippen LogP contribution in [0.15, 0.2) is 35.1 Å². The van der Waals surface area contributed by atoms with Gasteiger partial charge in [0.25, 0.3) is 5.91 Å². The summed E-state index contributed by atoms with van der Waals surface area (Å²) in [7, 11) is 1.83. The molecule has 1 heterocycles. The minimum absolute atomic E-state index is 0.151. The SMILES string of the molecule is Cn1cc(CNC(=O)c2ccc(Cl)cc2Br)cn1. The Hall–Kier alpha value is -1.33. The van der Waals surface area contributed by atoms with Crippen LogP contribution in [0.25, 0.3) is 0 Å². The predicted molar refractivity (Wildman–Crippen MR) is 73.5 cm³/mol. The van der Waals surface area contributed by atoms with Gasteiger partial charge < -0.3 is 5.32 Å². The van der Waals surface area contributed by atoms with E-state index in [0.29, 0.717) is 21.6 Å². The summed E-state index contributed by atoms with van der Waals surface area (Å²) >= 11 is 9.14. The molecule has 0 unspecified atom stereocenters. The van der Waals surface area contributed by atoms with Crippen molar-refractivity contribution in [2.45, 2.75) is 6.54 Å². The molecule has 0 fully saturated rings. The van der Waals surface area contributed by atoms with Gasteiger partial charge in [-0.25, -0.2) is 0 Å². The Morgan fingerprint density at radius 3 is 2.94 bits per heavy atom. The molecular weight excluding hydrogens is 318 g/mol. The lowest BCUT2D eigenvalue weighted by Gasteiger charge is -2.06. The van der Waals surface area contributed by atoms with Crippen molar-refractivity contribution in [3.8, 4) is 0 Å². The summed E-state index contributed by atoms with van der Waals surface area (Å²) in [5.74, 6) is -0.151. The monoisotopic (exact) mass is 327 g/mol. The summed E-state index contributed by atoms with van der Waals surface area (Å²) in [5.41, 5.74) is 1.51. The van der Waals surface area contributed by atoms with E-state index in [1.807, 2.05) is 13.2 Å². The van der Waals surface area contributed by atoms with Gasteiger partial charge in [0.1, 0.15) is 0 Å². The van der Waals surface area contributed by atoms with Gasteiger partial charge in [-0.1, -0.05) is 11.6 Å². The van der Waals surface area contributed by atoms with Gasteiger partial charge in [0.05, 0.1) is 11.8 Å². The van der Waals surface area contributed by atoms with Crippen molar-refractivity contribution in [2.24, 2.45) is 7.05 Å². The van der Waals surface area contributed by atoms with Crippen LogP contribution in [0.2, 0.25) is 5.02 Å². The second-order valence-corrected chi connectivity index (χ2v) is 5.12. The third kappa shape index (κ3) is 3.11. The lowest BCUT2D eigenvalue weighted by Crippen LogP contribution is -2.22. The maximum absolute atomic E-state index is 11.9. The maximum Gasteiger partial charge on any atom is 0.252 e. The minimum atomic E-state index is -0.151. The van der Waals surface area contributed by atoms with Crippen LogP contribution in [0.3, 0.4) is 0 Å². The number of rotatable bonds is 3. The van der Waals surface area contributed by atoms with Crippen molar-refractivity contribution >= 4 is 33.4 Å². The highest BCUT2D eigenvalue weighted by Crippen LogP contribution is 2.21. The number of aromatic nitrogens is 2. The molecular formula is C12H11BrClN3O. The van der Waals surface area contributed by atoms with E-state index >= 15 is 0 Å². The van der Waals surface area contributed by atoms with Crippen molar-refractivity contribution in [2.75, 3.05) is 0 Å². The third-order valence-electron chi connectivity index (χ3n) is 2.39. The van der Waals surface area contributed by atoms with Crippen LogP contribution in [0.1, 0.15) is 15.9 Å². The topological polar surface area (TPSA) is 46.9 Å². The van der Waals surface area contributed by atoms with E-state index < -0.39 is 0 Å². The summed E-state index contributed by atoms with van der Waals surface area (Å²) in [6.07, 6.45) is 3.58. The van der Waals surface area contributed by atoms with E-state index in [-0.39, 0.29) is 5.91 Å². The molecule has 0 atom stereocenters. The van der Waals surface area contributed by atoms with Crippen molar-refractivity contribution in [1.82, 2.24) is 15.1 Å². The molecule has 0 aliphatic rings. The molecule has 1 N–H and O–H groups in total. The second kappa shape index (κ2) is 5.54. The summed E-state index contributed by atoms with van der Waals surface area (Å²) in [4.78, 5) is 11.9. The Morgan fingerprint density at radius 2 is 2.33 bits per heavy atom. The summed E-state index contributed by atoms with van der Waals surface area (Å²) in [6, 6.07) is 5.07. The highest BCUT2D eigenvalue weighted by molar-refractivity contribution is 9.10. The average Bonchev–Trinajstić information content (AvgIpc) is 2.72. The highest BCUT2D eigenvalue weighted by atomic mass is 79.9. The van der Waals surface area contributed by atoms with Crippen molar-refractivity contribution in [3.05, 3.63) is 51.2 Å². The van der Waals surface area contributed by atoms with Gasteiger partial charge in [-0.3, -0.25) is 9.48 Å². The normalized spacial score (nSPS) is 10.4. The summed E-state index contributed by atoms with van der Waals surface area (Å²) < 4.78 is 2.37. The Kier molecular flexibility index (Phi) is 4.04. The molecule has 0 bridgehead atoms. The molecule has 1 aromatic carbocycles. The molecule has 0 aliphatic heterocycles. The van der Waals surface area contributed by atoms with Crippen molar-refractivity contribution in [1.29, 1.82) is 0 Å². The predicted octanol–water partition coefficient (Wildman–Crippen LogP) is 2.77. The Balaban J connectivity index is 2.03. The zero-order valence-corrected chi connectivity index (χ0v) is 12.0. The fourth-order valence-corrected chi connectivity index (χ4v) is 2.38. The molecule has 0 aliphatic carbocycles. The number of amides is 1. The van der Waals surface area contributed by atoms with Gasteiger partial charge in [-0.2, -0.15) is 5.10 Å². The number of nitrogens with one attached hydrogen (secondary N) is 1. The van der Waals surface area contributed by atoms with E-state index in [1.165, 1.54) is 0 Å². The molecule has 1 amide bonds. The number of hydrogen-bond acceptors (Lipinski definition) is 2. The van der Waals surface area contributed by atoms with Gasteiger partial charge in [0.15, 0.2) is 0 Å². The molecule has 6 heteroatoms. The van der Waals surface area contributed by atoms with Gasteiger partial charge in [0, 0.05) is 34.8 Å². The number of benzene rings is 1. The van der Waals surface area contributed by atoms with Crippen LogP contribution >= 0.6 is 27.5 Å². The molecule has 94 valence electrons. The number of halogens is 2. The zero-order chi connectivity index (χ0) is 13.1. The quantitative estimate of drug-likeness (QED) is 0.942. The second-order valence-electron chi connectivity index (χ2n) is 3.83. The summed E-state index contributed by atoms with van der Waals surface area (Å²) in [6.45, 7) is 0.446. The molecule has 1 aromatic heterocycles. The van der Waals surface area contributed by atoms with E-state index in [0.717, 1.165) is 5.56 Å². The minimum Gasteiger partial charge on any atom is -0.348 e. The van der Waals surface area contributed by atoms with Gasteiger partial charge in [0.2, 0.25) is 0 Å². The standard InChI is InChI=1S/C12H11BrClN3O/c1-17-7-8(6-16-17)5-15-12(18)10-3-2-9(14)4-11(10)13/h2-4,6-7H,5H2,1H3,(H,15,18). The largest absolute Gasteiger partial charge is 0.348 e. The first-order chi connectivity index (χ1) is 8.56. The fraction of sp³-hybridized carbons (Fsp3) is 0.167. The Labute approximate surface area is 118 Å². The Bertz CT molecular complexity index is 582. The van der Waals surface area contributed by atoms with Crippen LogP contribution < -0.4 is 5.32 Å². The summed E-state index contributed by atoms with van der Waals surface area (Å²) in [5, 5.41) is 7.45. The first-order valence-corrected chi connectivity index (χ1v) is 6.44. The number of carbonyl (C=O) groups is 1. The molecule has 0 saturated heterocycles. The molecule has 0 radical (unpaired) electrons. The smallest absolute Gasteiger partial charge is 0.252 e. The number of nitrogens with zero attached hydrogens (tertiary/aromatic N) is 2. The molecule has 4 nitrogen and oxygen atoms in total. The lowest BCUT2D eigenvalue weighted by molar-refractivity contribution is 0.0950. The van der Waals surface area contributed by atoms with Gasteiger partial charge in [-0.05, 0) is 34.1 Å². The first kappa shape index (κ1) is 13.1. The van der Waals surface area contributed by atoms with E-state index in [1.54, 1.807) is 29.1 Å². The maximum atomic E-state index is 11.9. The molecule has 18 heavy (non-hydrogen) atoms. The van der Waals surface area contributed by atoms with Crippen molar-refractivity contribution < 1.29 is 4.79 Å². The molecule has 0 spiro atoms. The number of aryl methyl sites for hydroxylation is 1. The van der Waals surface area contributed by atoms with Gasteiger partial charge >= 0.3 is 0 Å². The average molecular weight is 329 g/mol.